The van der Waals surface area contributed by atoms with E-state index in [1.54, 1.807) is 37.2 Å². The van der Waals surface area contributed by atoms with Crippen LogP contribution in [0.1, 0.15) is 29.3 Å². The van der Waals surface area contributed by atoms with Gasteiger partial charge in [-0.3, -0.25) is 14.5 Å². The lowest BCUT2D eigenvalue weighted by atomic mass is 10.1. The molecule has 0 aliphatic rings. The number of hydrogen-bond acceptors (Lipinski definition) is 4. The minimum atomic E-state index is -0.499. The second-order valence-corrected chi connectivity index (χ2v) is 5.28. The molecule has 0 saturated heterocycles. The number of benzene rings is 1. The molecule has 0 atom stereocenters. The summed E-state index contributed by atoms with van der Waals surface area (Å²) < 4.78 is 0. The summed E-state index contributed by atoms with van der Waals surface area (Å²) in [6, 6.07) is 5.03. The van der Waals surface area contributed by atoms with Crippen molar-refractivity contribution in [1.29, 1.82) is 0 Å². The van der Waals surface area contributed by atoms with E-state index in [2.05, 4.69) is 6.92 Å². The first-order chi connectivity index (χ1) is 9.85. The summed E-state index contributed by atoms with van der Waals surface area (Å²) in [4.78, 5) is 26.6. The molecule has 0 fully saturated rings. The molecule has 0 heterocycles. The summed E-state index contributed by atoms with van der Waals surface area (Å²) in [5.74, 6) is -0.447. The fourth-order valence-electron chi connectivity index (χ4n) is 2.00. The number of carbonyl (C=O) groups excluding carboxylic acids is 2. The van der Waals surface area contributed by atoms with Crippen LogP contribution in [0.15, 0.2) is 18.2 Å². The highest BCUT2D eigenvalue weighted by Crippen LogP contribution is 2.16. The molecule has 0 aliphatic carbocycles. The summed E-state index contributed by atoms with van der Waals surface area (Å²) in [6.07, 6.45) is 0.944. The van der Waals surface area contributed by atoms with Crippen LogP contribution in [0, 0.1) is 0 Å². The summed E-state index contributed by atoms with van der Waals surface area (Å²) >= 11 is 0. The number of hydrogen-bond donors (Lipinski definition) is 2. The number of amides is 2. The van der Waals surface area contributed by atoms with E-state index in [9.17, 15) is 9.59 Å². The zero-order valence-corrected chi connectivity index (χ0v) is 12.9. The third-order valence-corrected chi connectivity index (χ3v) is 3.22. The van der Waals surface area contributed by atoms with Gasteiger partial charge in [-0.25, -0.2) is 0 Å². The molecule has 2 amide bonds. The molecule has 0 unspecified atom stereocenters. The van der Waals surface area contributed by atoms with Crippen LogP contribution in [0.3, 0.4) is 0 Å². The molecular formula is C15H24N4O2. The smallest absolute Gasteiger partial charge is 0.248 e. The van der Waals surface area contributed by atoms with Gasteiger partial charge in [0, 0.05) is 31.9 Å². The Balaban J connectivity index is 2.83. The Labute approximate surface area is 125 Å². The summed E-state index contributed by atoms with van der Waals surface area (Å²) in [5.41, 5.74) is 13.0. The van der Waals surface area contributed by atoms with E-state index >= 15 is 0 Å². The maximum atomic E-state index is 11.8. The molecule has 0 saturated carbocycles. The highest BCUT2D eigenvalue weighted by Gasteiger charge is 2.14. The summed E-state index contributed by atoms with van der Waals surface area (Å²) in [7, 11) is 3.48. The predicted octanol–water partition coefficient (Wildman–Crippen LogP) is 0.668. The zero-order chi connectivity index (χ0) is 16.0. The van der Waals surface area contributed by atoms with Gasteiger partial charge in [-0.1, -0.05) is 13.0 Å². The van der Waals surface area contributed by atoms with Crippen molar-refractivity contribution in [3.63, 3.8) is 0 Å². The van der Waals surface area contributed by atoms with Crippen molar-refractivity contribution in [2.75, 3.05) is 32.9 Å². The average molecular weight is 292 g/mol. The SMILES string of the molecule is CCCN(CC(=O)N(C)C)Cc1ccc(C(N)=O)cc1N. The highest BCUT2D eigenvalue weighted by molar-refractivity contribution is 5.93. The van der Waals surface area contributed by atoms with Crippen molar-refractivity contribution in [2.24, 2.45) is 5.73 Å². The molecule has 0 bridgehead atoms. The molecule has 6 nitrogen and oxygen atoms in total. The number of likely N-dealkylation sites (N-methyl/N-ethyl adjacent to an activating group) is 1. The van der Waals surface area contributed by atoms with E-state index in [0.29, 0.717) is 24.3 Å². The van der Waals surface area contributed by atoms with E-state index < -0.39 is 5.91 Å². The Morgan fingerprint density at radius 1 is 1.24 bits per heavy atom. The topological polar surface area (TPSA) is 92.7 Å². The van der Waals surface area contributed by atoms with Gasteiger partial charge in [-0.15, -0.1) is 0 Å². The van der Waals surface area contributed by atoms with Crippen LogP contribution >= 0.6 is 0 Å². The lowest BCUT2D eigenvalue weighted by molar-refractivity contribution is -0.130. The molecule has 0 aliphatic heterocycles. The van der Waals surface area contributed by atoms with Gasteiger partial charge in [-0.05, 0) is 30.7 Å². The van der Waals surface area contributed by atoms with E-state index in [1.165, 1.54) is 0 Å². The molecule has 6 heteroatoms. The Morgan fingerprint density at radius 3 is 2.38 bits per heavy atom. The van der Waals surface area contributed by atoms with E-state index in [1.807, 2.05) is 4.90 Å². The predicted molar refractivity (Wildman–Crippen MR) is 83.6 cm³/mol. The quantitative estimate of drug-likeness (QED) is 0.722. The maximum Gasteiger partial charge on any atom is 0.248 e. The zero-order valence-electron chi connectivity index (χ0n) is 12.9. The van der Waals surface area contributed by atoms with Crippen molar-refractivity contribution in [1.82, 2.24) is 9.80 Å². The highest BCUT2D eigenvalue weighted by atomic mass is 16.2. The van der Waals surface area contributed by atoms with Crippen LogP contribution in [0.4, 0.5) is 5.69 Å². The number of nitrogens with two attached hydrogens (primary N) is 2. The third kappa shape index (κ3) is 5.07. The molecular weight excluding hydrogens is 268 g/mol. The number of rotatable bonds is 7. The first-order valence-corrected chi connectivity index (χ1v) is 6.95. The molecule has 21 heavy (non-hydrogen) atoms. The van der Waals surface area contributed by atoms with Gasteiger partial charge in [0.05, 0.1) is 6.54 Å². The normalized spacial score (nSPS) is 10.7. The number of nitrogen functional groups attached to an aromatic ring is 1. The van der Waals surface area contributed by atoms with Crippen molar-refractivity contribution in [3.05, 3.63) is 29.3 Å². The van der Waals surface area contributed by atoms with Gasteiger partial charge in [-0.2, -0.15) is 0 Å². The van der Waals surface area contributed by atoms with Crippen molar-refractivity contribution in [3.8, 4) is 0 Å². The number of anilines is 1. The largest absolute Gasteiger partial charge is 0.398 e. The number of nitrogens with zero attached hydrogens (tertiary/aromatic N) is 2. The second kappa shape index (κ2) is 7.64. The summed E-state index contributed by atoms with van der Waals surface area (Å²) in [5, 5.41) is 0. The summed E-state index contributed by atoms with van der Waals surface area (Å²) in [6.45, 7) is 3.78. The maximum absolute atomic E-state index is 11.8. The molecule has 0 radical (unpaired) electrons. The molecule has 4 N–H and O–H groups in total. The van der Waals surface area contributed by atoms with Crippen LogP contribution in [0.5, 0.6) is 0 Å². The molecule has 0 aromatic heterocycles. The van der Waals surface area contributed by atoms with Gasteiger partial charge in [0.2, 0.25) is 11.8 Å². The Hall–Kier alpha value is -2.08. The van der Waals surface area contributed by atoms with Gasteiger partial charge in [0.15, 0.2) is 0 Å². The Kier molecular flexibility index (Phi) is 6.17. The lowest BCUT2D eigenvalue weighted by Crippen LogP contribution is -2.36. The van der Waals surface area contributed by atoms with E-state index in [4.69, 9.17) is 11.5 Å². The van der Waals surface area contributed by atoms with Crippen molar-refractivity contribution >= 4 is 17.5 Å². The van der Waals surface area contributed by atoms with Crippen LogP contribution in [0.2, 0.25) is 0 Å². The standard InChI is InChI=1S/C15H24N4O2/c1-4-7-19(10-14(20)18(2)3)9-12-6-5-11(15(17)21)8-13(12)16/h5-6,8H,4,7,9-10,16H2,1-3H3,(H2,17,21). The third-order valence-electron chi connectivity index (χ3n) is 3.22. The minimum Gasteiger partial charge on any atom is -0.398 e. The number of primary amides is 1. The van der Waals surface area contributed by atoms with Gasteiger partial charge < -0.3 is 16.4 Å². The van der Waals surface area contributed by atoms with Crippen LogP contribution in [-0.2, 0) is 11.3 Å². The van der Waals surface area contributed by atoms with Crippen LogP contribution in [0.25, 0.3) is 0 Å². The van der Waals surface area contributed by atoms with Crippen molar-refractivity contribution < 1.29 is 9.59 Å². The van der Waals surface area contributed by atoms with Crippen molar-refractivity contribution in [2.45, 2.75) is 19.9 Å². The first kappa shape index (κ1) is 17.0. The lowest BCUT2D eigenvalue weighted by Gasteiger charge is -2.23. The van der Waals surface area contributed by atoms with E-state index in [0.717, 1.165) is 18.5 Å². The fourth-order valence-corrected chi connectivity index (χ4v) is 2.00. The minimum absolute atomic E-state index is 0.0516. The second-order valence-electron chi connectivity index (χ2n) is 5.28. The average Bonchev–Trinajstić information content (AvgIpc) is 2.40. The fraction of sp³-hybridized carbons (Fsp3) is 0.467. The Bertz CT molecular complexity index is 514. The molecule has 1 aromatic carbocycles. The molecule has 1 rings (SSSR count). The molecule has 0 spiro atoms. The molecule has 116 valence electrons. The Morgan fingerprint density at radius 2 is 1.90 bits per heavy atom. The monoisotopic (exact) mass is 292 g/mol. The van der Waals surface area contributed by atoms with Crippen LogP contribution in [-0.4, -0.2) is 48.8 Å². The van der Waals surface area contributed by atoms with Crippen LogP contribution < -0.4 is 11.5 Å². The van der Waals surface area contributed by atoms with Gasteiger partial charge >= 0.3 is 0 Å². The van der Waals surface area contributed by atoms with E-state index in [-0.39, 0.29) is 5.91 Å². The first-order valence-electron chi connectivity index (χ1n) is 6.95. The molecule has 1 aromatic rings. The van der Waals surface area contributed by atoms with Gasteiger partial charge in [0.25, 0.3) is 0 Å². The number of carbonyl (C=O) groups is 2. The van der Waals surface area contributed by atoms with Gasteiger partial charge in [0.1, 0.15) is 0 Å².